The minimum Gasteiger partial charge on any atom is -0.481 e. The van der Waals surface area contributed by atoms with Crippen LogP contribution in [0.3, 0.4) is 0 Å². The zero-order valence-corrected chi connectivity index (χ0v) is 12.5. The second kappa shape index (κ2) is 6.84. The van der Waals surface area contributed by atoms with Crippen LogP contribution in [-0.4, -0.2) is 23.6 Å². The number of ether oxygens (including phenoxy) is 1. The number of thiophene rings is 1. The van der Waals surface area contributed by atoms with Crippen molar-refractivity contribution in [1.82, 2.24) is 15.3 Å². The Morgan fingerprint density at radius 2 is 2.26 bits per heavy atom. The van der Waals surface area contributed by atoms with Crippen LogP contribution in [-0.2, 0) is 0 Å². The van der Waals surface area contributed by atoms with E-state index in [9.17, 15) is 0 Å². The van der Waals surface area contributed by atoms with Crippen LogP contribution in [0.4, 0.5) is 0 Å². The summed E-state index contributed by atoms with van der Waals surface area (Å²) < 4.78 is 5.93. The summed E-state index contributed by atoms with van der Waals surface area (Å²) in [6.07, 6.45) is 2.57. The van der Waals surface area contributed by atoms with E-state index in [4.69, 9.17) is 16.3 Å². The molecule has 2 aromatic heterocycles. The van der Waals surface area contributed by atoms with Gasteiger partial charge in [-0.1, -0.05) is 18.5 Å². The lowest BCUT2D eigenvalue weighted by atomic mass is 10.1. The minimum absolute atomic E-state index is 0.0225. The molecule has 4 nitrogen and oxygen atoms in total. The molecule has 0 aliphatic carbocycles. The third-order valence-corrected chi connectivity index (χ3v) is 3.94. The Morgan fingerprint density at radius 1 is 1.42 bits per heavy atom. The molecule has 1 unspecified atom stereocenters. The lowest BCUT2D eigenvalue weighted by molar-refractivity contribution is 0.395. The van der Waals surface area contributed by atoms with Gasteiger partial charge in [0.1, 0.15) is 6.33 Å². The third kappa shape index (κ3) is 3.65. The van der Waals surface area contributed by atoms with Gasteiger partial charge in [-0.2, -0.15) is 0 Å². The quantitative estimate of drug-likeness (QED) is 0.889. The molecule has 2 aromatic rings. The molecular weight excluding hydrogens is 282 g/mol. The van der Waals surface area contributed by atoms with Crippen molar-refractivity contribution >= 4 is 22.9 Å². The lowest BCUT2D eigenvalue weighted by Crippen LogP contribution is -2.23. The molecule has 0 aliphatic rings. The molecule has 0 saturated carbocycles. The molecule has 0 spiro atoms. The summed E-state index contributed by atoms with van der Waals surface area (Å²) in [6.45, 7) is 3.04. The predicted octanol–water partition coefficient (Wildman–Crippen LogP) is 3.29. The molecule has 0 radical (unpaired) electrons. The average molecular weight is 298 g/mol. The first kappa shape index (κ1) is 14.2. The van der Waals surface area contributed by atoms with Crippen LogP contribution >= 0.6 is 22.9 Å². The Labute approximate surface area is 121 Å². The largest absolute Gasteiger partial charge is 0.481 e. The van der Waals surface area contributed by atoms with Crippen LogP contribution in [0.1, 0.15) is 30.0 Å². The maximum atomic E-state index is 6.02. The van der Waals surface area contributed by atoms with Crippen molar-refractivity contribution in [3.63, 3.8) is 0 Å². The highest BCUT2D eigenvalue weighted by Crippen LogP contribution is 2.30. The van der Waals surface area contributed by atoms with E-state index in [0.717, 1.165) is 27.9 Å². The first-order valence-corrected chi connectivity index (χ1v) is 7.28. The first-order chi connectivity index (χ1) is 9.24. The van der Waals surface area contributed by atoms with E-state index in [1.54, 1.807) is 18.4 Å². The Morgan fingerprint density at radius 3 is 2.89 bits per heavy atom. The van der Waals surface area contributed by atoms with Crippen LogP contribution in [0, 0.1) is 0 Å². The number of halogens is 1. The maximum absolute atomic E-state index is 6.02. The number of nitrogens with one attached hydrogen (secondary N) is 1. The van der Waals surface area contributed by atoms with Crippen molar-refractivity contribution in [2.24, 2.45) is 0 Å². The smallest absolute Gasteiger partial charge is 0.216 e. The van der Waals surface area contributed by atoms with Crippen LogP contribution in [0.25, 0.3) is 0 Å². The number of nitrogens with zero attached hydrogens (tertiary/aromatic N) is 2. The second-order valence-corrected chi connectivity index (χ2v) is 5.76. The fraction of sp³-hybridized carbons (Fsp3) is 0.385. The predicted molar refractivity (Wildman–Crippen MR) is 78.0 cm³/mol. The standard InChI is InChI=1S/C13H16ClN3OS/c1-3-6-15-13(10-4-5-11(14)19-10)9-7-12(18-2)17-8-16-9/h4-5,7-8,13,15H,3,6H2,1-2H3. The Kier molecular flexibility index (Phi) is 5.13. The maximum Gasteiger partial charge on any atom is 0.216 e. The molecule has 1 N–H and O–H groups in total. The van der Waals surface area contributed by atoms with Gasteiger partial charge >= 0.3 is 0 Å². The molecule has 2 rings (SSSR count). The highest BCUT2D eigenvalue weighted by molar-refractivity contribution is 7.16. The summed E-state index contributed by atoms with van der Waals surface area (Å²) in [5.74, 6) is 0.566. The number of rotatable bonds is 6. The van der Waals surface area contributed by atoms with E-state index in [0.29, 0.717) is 5.88 Å². The molecule has 19 heavy (non-hydrogen) atoms. The van der Waals surface area contributed by atoms with Crippen LogP contribution in [0.2, 0.25) is 4.34 Å². The summed E-state index contributed by atoms with van der Waals surface area (Å²) in [6, 6.07) is 5.80. The zero-order valence-electron chi connectivity index (χ0n) is 10.9. The van der Waals surface area contributed by atoms with Crippen molar-refractivity contribution in [2.75, 3.05) is 13.7 Å². The molecule has 6 heteroatoms. The number of hydrogen-bond acceptors (Lipinski definition) is 5. The van der Waals surface area contributed by atoms with E-state index >= 15 is 0 Å². The number of aromatic nitrogens is 2. The van der Waals surface area contributed by atoms with Crippen molar-refractivity contribution in [1.29, 1.82) is 0 Å². The van der Waals surface area contributed by atoms with Gasteiger partial charge in [-0.3, -0.25) is 0 Å². The van der Waals surface area contributed by atoms with Gasteiger partial charge in [0.15, 0.2) is 0 Å². The number of hydrogen-bond donors (Lipinski definition) is 1. The van der Waals surface area contributed by atoms with Crippen LogP contribution in [0.15, 0.2) is 24.5 Å². The zero-order chi connectivity index (χ0) is 13.7. The first-order valence-electron chi connectivity index (χ1n) is 6.09. The van der Waals surface area contributed by atoms with Gasteiger partial charge < -0.3 is 10.1 Å². The fourth-order valence-corrected chi connectivity index (χ4v) is 2.90. The summed E-state index contributed by atoms with van der Waals surface area (Å²) in [7, 11) is 1.60. The van der Waals surface area contributed by atoms with Crippen molar-refractivity contribution in [3.05, 3.63) is 39.4 Å². The molecule has 0 bridgehead atoms. The Balaban J connectivity index is 2.30. The summed E-state index contributed by atoms with van der Waals surface area (Å²) in [5, 5.41) is 3.47. The summed E-state index contributed by atoms with van der Waals surface area (Å²) >= 11 is 7.57. The van der Waals surface area contributed by atoms with Gasteiger partial charge in [-0.15, -0.1) is 11.3 Å². The molecule has 0 fully saturated rings. The van der Waals surface area contributed by atoms with Crippen molar-refractivity contribution in [2.45, 2.75) is 19.4 Å². The molecule has 0 amide bonds. The minimum atomic E-state index is 0.0225. The van der Waals surface area contributed by atoms with Gasteiger partial charge in [-0.05, 0) is 25.1 Å². The Hall–Kier alpha value is -1.17. The highest BCUT2D eigenvalue weighted by Gasteiger charge is 2.17. The normalized spacial score (nSPS) is 12.4. The van der Waals surface area contributed by atoms with E-state index < -0.39 is 0 Å². The fourth-order valence-electron chi connectivity index (χ4n) is 1.75. The summed E-state index contributed by atoms with van der Waals surface area (Å²) in [5.41, 5.74) is 0.888. The lowest BCUT2D eigenvalue weighted by Gasteiger charge is -2.16. The molecule has 0 saturated heterocycles. The van der Waals surface area contributed by atoms with Gasteiger partial charge in [0.25, 0.3) is 0 Å². The Bertz CT molecular complexity index is 532. The SMILES string of the molecule is CCCNC(c1cc(OC)ncn1)c1ccc(Cl)s1. The molecular formula is C13H16ClN3OS. The highest BCUT2D eigenvalue weighted by atomic mass is 35.5. The van der Waals surface area contributed by atoms with Gasteiger partial charge in [0.2, 0.25) is 5.88 Å². The monoisotopic (exact) mass is 297 g/mol. The van der Waals surface area contributed by atoms with Gasteiger partial charge in [0.05, 0.1) is 23.2 Å². The average Bonchev–Trinajstić information content (AvgIpc) is 2.86. The van der Waals surface area contributed by atoms with E-state index in [2.05, 4.69) is 22.2 Å². The van der Waals surface area contributed by atoms with E-state index in [-0.39, 0.29) is 6.04 Å². The van der Waals surface area contributed by atoms with Crippen molar-refractivity contribution < 1.29 is 4.74 Å². The van der Waals surface area contributed by atoms with Crippen molar-refractivity contribution in [3.8, 4) is 5.88 Å². The third-order valence-electron chi connectivity index (χ3n) is 2.65. The molecule has 0 aliphatic heterocycles. The molecule has 2 heterocycles. The molecule has 0 aromatic carbocycles. The van der Waals surface area contributed by atoms with Crippen LogP contribution in [0.5, 0.6) is 5.88 Å². The second-order valence-electron chi connectivity index (χ2n) is 4.01. The van der Waals surface area contributed by atoms with Gasteiger partial charge in [-0.25, -0.2) is 9.97 Å². The van der Waals surface area contributed by atoms with Crippen LogP contribution < -0.4 is 10.1 Å². The molecule has 102 valence electrons. The van der Waals surface area contributed by atoms with Gasteiger partial charge in [0, 0.05) is 10.9 Å². The summed E-state index contributed by atoms with van der Waals surface area (Å²) in [4.78, 5) is 9.51. The topological polar surface area (TPSA) is 47.0 Å². The van der Waals surface area contributed by atoms with E-state index in [1.165, 1.54) is 6.33 Å². The molecule has 1 atom stereocenters. The van der Waals surface area contributed by atoms with E-state index in [1.807, 2.05) is 18.2 Å². The number of methoxy groups -OCH3 is 1.